The second kappa shape index (κ2) is 5.57. The van der Waals surface area contributed by atoms with E-state index in [-0.39, 0.29) is 5.92 Å². The maximum atomic E-state index is 11.1. The van der Waals surface area contributed by atoms with Gasteiger partial charge in [0.2, 0.25) is 5.75 Å². The Morgan fingerprint density at radius 2 is 1.53 bits per heavy atom. The molecule has 1 aromatic carbocycles. The average molecular weight is 238 g/mol. The van der Waals surface area contributed by atoms with E-state index < -0.39 is 0 Å². The Bertz CT molecular complexity index is 410. The van der Waals surface area contributed by atoms with Crippen molar-refractivity contribution in [3.63, 3.8) is 0 Å². The predicted molar refractivity (Wildman–Crippen MR) is 65.6 cm³/mol. The molecule has 4 heteroatoms. The van der Waals surface area contributed by atoms with Crippen molar-refractivity contribution in [1.82, 2.24) is 0 Å². The Labute approximate surface area is 101 Å². The molecule has 0 amide bonds. The number of aldehydes is 1. The molecule has 0 N–H and O–H groups in total. The van der Waals surface area contributed by atoms with Crippen LogP contribution in [0.15, 0.2) is 6.07 Å². The van der Waals surface area contributed by atoms with E-state index in [0.29, 0.717) is 22.8 Å². The number of rotatable bonds is 5. The van der Waals surface area contributed by atoms with Crippen molar-refractivity contribution in [2.75, 3.05) is 21.3 Å². The third kappa shape index (κ3) is 2.35. The molecule has 0 atom stereocenters. The molecule has 0 radical (unpaired) electrons. The molecule has 17 heavy (non-hydrogen) atoms. The topological polar surface area (TPSA) is 44.8 Å². The van der Waals surface area contributed by atoms with Crippen molar-refractivity contribution < 1.29 is 19.0 Å². The largest absolute Gasteiger partial charge is 0.492 e. The van der Waals surface area contributed by atoms with Crippen LogP contribution < -0.4 is 14.2 Å². The van der Waals surface area contributed by atoms with Crippen molar-refractivity contribution in [3.05, 3.63) is 17.2 Å². The normalized spacial score (nSPS) is 10.2. The summed E-state index contributed by atoms with van der Waals surface area (Å²) in [6.45, 7) is 4.05. The first-order valence-electron chi connectivity index (χ1n) is 5.38. The maximum absolute atomic E-state index is 11.1. The van der Waals surface area contributed by atoms with Crippen molar-refractivity contribution in [1.29, 1.82) is 0 Å². The quantitative estimate of drug-likeness (QED) is 0.740. The predicted octanol–water partition coefficient (Wildman–Crippen LogP) is 2.65. The number of ether oxygens (including phenoxy) is 3. The van der Waals surface area contributed by atoms with Crippen LogP contribution in [0.2, 0.25) is 0 Å². The zero-order valence-corrected chi connectivity index (χ0v) is 10.9. The van der Waals surface area contributed by atoms with E-state index in [4.69, 9.17) is 14.2 Å². The summed E-state index contributed by atoms with van der Waals surface area (Å²) >= 11 is 0. The fraction of sp³-hybridized carbons (Fsp3) is 0.462. The van der Waals surface area contributed by atoms with Crippen LogP contribution in [0.1, 0.15) is 35.7 Å². The zero-order chi connectivity index (χ0) is 13.0. The molecule has 0 bridgehead atoms. The first-order valence-corrected chi connectivity index (χ1v) is 5.38. The Morgan fingerprint density at radius 3 is 1.88 bits per heavy atom. The summed E-state index contributed by atoms with van der Waals surface area (Å²) in [6, 6.07) is 1.78. The first-order chi connectivity index (χ1) is 8.10. The van der Waals surface area contributed by atoms with E-state index in [1.165, 1.54) is 14.2 Å². The number of methoxy groups -OCH3 is 3. The van der Waals surface area contributed by atoms with E-state index in [9.17, 15) is 4.79 Å². The third-order valence-corrected chi connectivity index (χ3v) is 2.61. The highest BCUT2D eigenvalue weighted by Gasteiger charge is 2.21. The van der Waals surface area contributed by atoms with Crippen molar-refractivity contribution in [2.24, 2.45) is 0 Å². The van der Waals surface area contributed by atoms with E-state index in [0.717, 1.165) is 11.8 Å². The fourth-order valence-corrected chi connectivity index (χ4v) is 1.79. The summed E-state index contributed by atoms with van der Waals surface area (Å²) in [5.74, 6) is 1.71. The van der Waals surface area contributed by atoms with Crippen LogP contribution >= 0.6 is 0 Å². The van der Waals surface area contributed by atoms with Crippen molar-refractivity contribution >= 4 is 6.29 Å². The van der Waals surface area contributed by atoms with Crippen molar-refractivity contribution in [2.45, 2.75) is 19.8 Å². The second-order valence-corrected chi connectivity index (χ2v) is 3.93. The summed E-state index contributed by atoms with van der Waals surface area (Å²) < 4.78 is 15.8. The number of carbonyl (C=O) groups excluding carboxylic acids is 1. The molecule has 0 heterocycles. The molecule has 0 aliphatic heterocycles. The SMILES string of the molecule is COc1c(C=O)cc(C(C)C)c(OC)c1OC. The molecule has 0 spiro atoms. The fourth-order valence-electron chi connectivity index (χ4n) is 1.79. The lowest BCUT2D eigenvalue weighted by Crippen LogP contribution is -2.03. The zero-order valence-electron chi connectivity index (χ0n) is 10.9. The van der Waals surface area contributed by atoms with Gasteiger partial charge >= 0.3 is 0 Å². The van der Waals surface area contributed by atoms with E-state index in [1.54, 1.807) is 13.2 Å². The van der Waals surface area contributed by atoms with E-state index in [1.807, 2.05) is 13.8 Å². The molecule has 0 unspecified atom stereocenters. The minimum atomic E-state index is 0.225. The Morgan fingerprint density at radius 1 is 1.00 bits per heavy atom. The van der Waals surface area contributed by atoms with Crippen LogP contribution in [-0.2, 0) is 0 Å². The summed E-state index contributed by atoms with van der Waals surface area (Å²) in [7, 11) is 4.60. The molecule has 0 aliphatic rings. The molecule has 0 aromatic heterocycles. The van der Waals surface area contributed by atoms with Gasteiger partial charge in [-0.2, -0.15) is 0 Å². The van der Waals surface area contributed by atoms with Gasteiger partial charge in [0, 0.05) is 5.56 Å². The lowest BCUT2D eigenvalue weighted by atomic mass is 9.98. The summed E-state index contributed by atoms with van der Waals surface area (Å²) in [5.41, 5.74) is 1.39. The minimum absolute atomic E-state index is 0.225. The Kier molecular flexibility index (Phi) is 4.37. The molecule has 0 fully saturated rings. The van der Waals surface area contributed by atoms with Gasteiger partial charge in [0.15, 0.2) is 17.8 Å². The minimum Gasteiger partial charge on any atom is -0.492 e. The molecule has 94 valence electrons. The smallest absolute Gasteiger partial charge is 0.204 e. The van der Waals surface area contributed by atoms with Gasteiger partial charge in [0.25, 0.3) is 0 Å². The monoisotopic (exact) mass is 238 g/mol. The molecule has 1 rings (SSSR count). The van der Waals surface area contributed by atoms with Crippen LogP contribution in [0, 0.1) is 0 Å². The number of benzene rings is 1. The lowest BCUT2D eigenvalue weighted by Gasteiger charge is -2.19. The molecule has 4 nitrogen and oxygen atoms in total. The number of hydrogen-bond donors (Lipinski definition) is 0. The average Bonchev–Trinajstić information content (AvgIpc) is 2.35. The number of hydrogen-bond acceptors (Lipinski definition) is 4. The second-order valence-electron chi connectivity index (χ2n) is 3.93. The van der Waals surface area contributed by atoms with Gasteiger partial charge in [-0.25, -0.2) is 0 Å². The number of carbonyl (C=O) groups is 1. The maximum Gasteiger partial charge on any atom is 0.204 e. The molecular formula is C13H18O4. The summed E-state index contributed by atoms with van der Waals surface area (Å²) in [5, 5.41) is 0. The standard InChI is InChI=1S/C13H18O4/c1-8(2)10-6-9(7-14)11(15-3)13(17-5)12(10)16-4/h6-8H,1-5H3. The van der Waals surface area contributed by atoms with Gasteiger partial charge in [-0.15, -0.1) is 0 Å². The van der Waals surface area contributed by atoms with Gasteiger partial charge in [-0.1, -0.05) is 13.8 Å². The molecular weight excluding hydrogens is 220 g/mol. The molecule has 0 saturated carbocycles. The summed E-state index contributed by atoms with van der Waals surface area (Å²) in [6.07, 6.45) is 0.757. The van der Waals surface area contributed by atoms with Gasteiger partial charge in [-0.05, 0) is 12.0 Å². The molecule has 0 aliphatic carbocycles. The lowest BCUT2D eigenvalue weighted by molar-refractivity contribution is 0.111. The highest BCUT2D eigenvalue weighted by Crippen LogP contribution is 2.44. The van der Waals surface area contributed by atoms with Gasteiger partial charge in [0.1, 0.15) is 0 Å². The molecule has 1 aromatic rings. The van der Waals surface area contributed by atoms with Crippen LogP contribution in [0.3, 0.4) is 0 Å². The van der Waals surface area contributed by atoms with Gasteiger partial charge in [-0.3, -0.25) is 4.79 Å². The first kappa shape index (κ1) is 13.4. The van der Waals surface area contributed by atoms with Crippen LogP contribution in [0.4, 0.5) is 0 Å². The third-order valence-electron chi connectivity index (χ3n) is 2.61. The molecule has 0 saturated heterocycles. The van der Waals surface area contributed by atoms with Crippen LogP contribution in [0.5, 0.6) is 17.2 Å². The Balaban J connectivity index is 3.60. The summed E-state index contributed by atoms with van der Waals surface area (Å²) in [4.78, 5) is 11.1. The highest BCUT2D eigenvalue weighted by molar-refractivity contribution is 5.83. The highest BCUT2D eigenvalue weighted by atomic mass is 16.5. The van der Waals surface area contributed by atoms with Crippen molar-refractivity contribution in [3.8, 4) is 17.2 Å². The van der Waals surface area contributed by atoms with Crippen LogP contribution in [0.25, 0.3) is 0 Å². The van der Waals surface area contributed by atoms with Crippen LogP contribution in [-0.4, -0.2) is 27.6 Å². The van der Waals surface area contributed by atoms with Gasteiger partial charge in [0.05, 0.1) is 26.9 Å². The van der Waals surface area contributed by atoms with Gasteiger partial charge < -0.3 is 14.2 Å². The van der Waals surface area contributed by atoms with E-state index in [2.05, 4.69) is 0 Å². The van der Waals surface area contributed by atoms with E-state index >= 15 is 0 Å². The Hall–Kier alpha value is -1.71.